The third-order valence-corrected chi connectivity index (χ3v) is 5.43. The van der Waals surface area contributed by atoms with E-state index in [2.05, 4.69) is 20.5 Å². The van der Waals surface area contributed by atoms with E-state index < -0.39 is 5.97 Å². The number of halogens is 3. The molecular formula is C23H22BrClFNO2. The number of carbonyl (C=O) groups excluding carboxylic acids is 1. The highest BCUT2D eigenvalue weighted by Crippen LogP contribution is 2.42. The van der Waals surface area contributed by atoms with Crippen molar-refractivity contribution in [2.45, 2.75) is 33.7 Å². The van der Waals surface area contributed by atoms with Gasteiger partial charge in [0.25, 0.3) is 0 Å². The Labute approximate surface area is 183 Å². The van der Waals surface area contributed by atoms with Crippen LogP contribution in [0.25, 0.3) is 22.4 Å². The van der Waals surface area contributed by atoms with Gasteiger partial charge in [-0.2, -0.15) is 0 Å². The van der Waals surface area contributed by atoms with E-state index in [1.54, 1.807) is 19.1 Å². The number of esters is 1. The van der Waals surface area contributed by atoms with Gasteiger partial charge in [-0.1, -0.05) is 39.7 Å². The number of hydrogen-bond donors (Lipinski definition) is 0. The highest BCUT2D eigenvalue weighted by Gasteiger charge is 2.29. The molecule has 3 nitrogen and oxygen atoms in total. The van der Waals surface area contributed by atoms with E-state index in [1.807, 2.05) is 39.0 Å². The molecule has 0 amide bonds. The molecule has 3 rings (SSSR count). The fourth-order valence-corrected chi connectivity index (χ4v) is 4.27. The lowest BCUT2D eigenvalue weighted by molar-refractivity contribution is 0.0526. The zero-order valence-corrected chi connectivity index (χ0v) is 19.1. The van der Waals surface area contributed by atoms with Crippen LogP contribution >= 0.6 is 27.5 Å². The Bertz CT molecular complexity index is 1040. The summed E-state index contributed by atoms with van der Waals surface area (Å²) in [5.41, 5.74) is 4.19. The summed E-state index contributed by atoms with van der Waals surface area (Å²) < 4.78 is 22.3. The molecule has 0 radical (unpaired) electrons. The van der Waals surface area contributed by atoms with E-state index in [0.717, 1.165) is 17.0 Å². The van der Waals surface area contributed by atoms with Crippen LogP contribution in [-0.4, -0.2) is 17.1 Å². The minimum atomic E-state index is -0.421. The van der Waals surface area contributed by atoms with Crippen LogP contribution in [0.1, 0.15) is 42.9 Å². The highest BCUT2D eigenvalue weighted by atomic mass is 79.9. The van der Waals surface area contributed by atoms with Gasteiger partial charge in [0, 0.05) is 26.8 Å². The van der Waals surface area contributed by atoms with Gasteiger partial charge in [0.2, 0.25) is 0 Å². The first kappa shape index (κ1) is 21.6. The number of rotatable bonds is 5. The zero-order chi connectivity index (χ0) is 21.3. The van der Waals surface area contributed by atoms with Crippen LogP contribution in [0.15, 0.2) is 46.9 Å². The lowest BCUT2D eigenvalue weighted by Gasteiger charge is -2.17. The van der Waals surface area contributed by atoms with Crippen molar-refractivity contribution in [1.82, 2.24) is 4.57 Å². The van der Waals surface area contributed by atoms with Gasteiger partial charge in [-0.3, -0.25) is 0 Å². The number of ether oxygens (including phenoxy) is 1. The molecule has 1 aromatic heterocycles. The Hall–Kier alpha value is -2.11. The topological polar surface area (TPSA) is 31.2 Å². The molecular weight excluding hydrogens is 457 g/mol. The van der Waals surface area contributed by atoms with Crippen LogP contribution in [-0.2, 0) is 4.74 Å². The maximum Gasteiger partial charge on any atom is 0.340 e. The Morgan fingerprint density at radius 1 is 1.17 bits per heavy atom. The Morgan fingerprint density at radius 2 is 1.83 bits per heavy atom. The van der Waals surface area contributed by atoms with E-state index in [0.29, 0.717) is 26.2 Å². The number of nitrogens with zero attached hydrogens (tertiary/aromatic N) is 1. The summed E-state index contributed by atoms with van der Waals surface area (Å²) in [6.07, 6.45) is 0. The summed E-state index contributed by atoms with van der Waals surface area (Å²) in [4.78, 5) is 12.9. The van der Waals surface area contributed by atoms with E-state index in [-0.39, 0.29) is 18.5 Å². The highest BCUT2D eigenvalue weighted by molar-refractivity contribution is 9.10. The number of carbonyl (C=O) groups is 1. The van der Waals surface area contributed by atoms with Gasteiger partial charge < -0.3 is 9.30 Å². The van der Waals surface area contributed by atoms with Gasteiger partial charge in [-0.15, -0.1) is 0 Å². The van der Waals surface area contributed by atoms with Gasteiger partial charge in [0.15, 0.2) is 0 Å². The van der Waals surface area contributed by atoms with Gasteiger partial charge in [-0.05, 0) is 69.2 Å². The molecule has 2 aromatic carbocycles. The largest absolute Gasteiger partial charge is 0.462 e. The van der Waals surface area contributed by atoms with Gasteiger partial charge in [-0.25, -0.2) is 9.18 Å². The summed E-state index contributed by atoms with van der Waals surface area (Å²) in [7, 11) is 0. The molecule has 0 atom stereocenters. The van der Waals surface area contributed by atoms with Crippen LogP contribution in [0.4, 0.5) is 4.39 Å². The van der Waals surface area contributed by atoms with E-state index in [4.69, 9.17) is 16.3 Å². The first-order chi connectivity index (χ1) is 13.7. The molecule has 0 bridgehead atoms. The van der Waals surface area contributed by atoms with Crippen molar-refractivity contribution in [3.05, 3.63) is 69.0 Å². The normalized spacial score (nSPS) is 11.2. The number of hydrogen-bond acceptors (Lipinski definition) is 2. The molecule has 6 heteroatoms. The second kappa shape index (κ2) is 8.72. The number of aromatic nitrogens is 1. The molecule has 152 valence electrons. The van der Waals surface area contributed by atoms with Crippen molar-refractivity contribution in [3.8, 4) is 22.4 Å². The van der Waals surface area contributed by atoms with Crippen LogP contribution in [0, 0.1) is 12.7 Å². The van der Waals surface area contributed by atoms with E-state index in [1.165, 1.54) is 12.1 Å². The molecule has 0 aliphatic heterocycles. The molecule has 0 spiro atoms. The second-order valence-corrected chi connectivity index (χ2v) is 8.39. The molecule has 29 heavy (non-hydrogen) atoms. The van der Waals surface area contributed by atoms with Crippen LogP contribution in [0.3, 0.4) is 0 Å². The average Bonchev–Trinajstić information content (AvgIpc) is 2.95. The SMILES string of the molecule is CCOC(=O)c1c(-c2cc(F)cc(Br)c2)c(-c2ccc(Cl)cc2)n(C(C)C)c1C. The predicted octanol–water partition coefficient (Wildman–Crippen LogP) is 7.44. The molecule has 1 heterocycles. The summed E-state index contributed by atoms with van der Waals surface area (Å²) in [6, 6.07) is 12.1. The fraction of sp³-hybridized carbons (Fsp3) is 0.261. The summed E-state index contributed by atoms with van der Waals surface area (Å²) in [6.45, 7) is 8.02. The van der Waals surface area contributed by atoms with Crippen molar-refractivity contribution in [3.63, 3.8) is 0 Å². The fourth-order valence-electron chi connectivity index (χ4n) is 3.68. The van der Waals surface area contributed by atoms with E-state index in [9.17, 15) is 9.18 Å². The first-order valence-corrected chi connectivity index (χ1v) is 10.6. The molecule has 3 aromatic rings. The van der Waals surface area contributed by atoms with Gasteiger partial charge >= 0.3 is 5.97 Å². The smallest absolute Gasteiger partial charge is 0.340 e. The first-order valence-electron chi connectivity index (χ1n) is 9.38. The quantitative estimate of drug-likeness (QED) is 0.357. The van der Waals surface area contributed by atoms with Crippen molar-refractivity contribution in [2.24, 2.45) is 0 Å². The summed E-state index contributed by atoms with van der Waals surface area (Å²) in [5.74, 6) is -0.809. The maximum atomic E-state index is 14.3. The van der Waals surface area contributed by atoms with Crippen molar-refractivity contribution in [1.29, 1.82) is 0 Å². The molecule has 0 saturated carbocycles. The maximum absolute atomic E-state index is 14.3. The third-order valence-electron chi connectivity index (χ3n) is 4.72. The third kappa shape index (κ3) is 4.26. The molecule has 0 N–H and O–H groups in total. The van der Waals surface area contributed by atoms with Gasteiger partial charge in [0.05, 0.1) is 17.9 Å². The van der Waals surface area contributed by atoms with E-state index >= 15 is 0 Å². The molecule has 0 aliphatic carbocycles. The zero-order valence-electron chi connectivity index (χ0n) is 16.7. The van der Waals surface area contributed by atoms with Crippen LogP contribution < -0.4 is 0 Å². The van der Waals surface area contributed by atoms with Crippen molar-refractivity contribution in [2.75, 3.05) is 6.61 Å². The lowest BCUT2D eigenvalue weighted by Crippen LogP contribution is -2.09. The minimum Gasteiger partial charge on any atom is -0.462 e. The minimum absolute atomic E-state index is 0.0691. The Morgan fingerprint density at radius 3 is 2.38 bits per heavy atom. The summed E-state index contributed by atoms with van der Waals surface area (Å²) in [5, 5.41) is 0.619. The lowest BCUT2D eigenvalue weighted by atomic mass is 9.96. The molecule has 0 fully saturated rings. The average molecular weight is 479 g/mol. The number of benzene rings is 2. The molecule has 0 aliphatic rings. The monoisotopic (exact) mass is 477 g/mol. The van der Waals surface area contributed by atoms with Crippen molar-refractivity contribution < 1.29 is 13.9 Å². The predicted molar refractivity (Wildman–Crippen MR) is 119 cm³/mol. The molecule has 0 saturated heterocycles. The van der Waals surface area contributed by atoms with Crippen molar-refractivity contribution >= 4 is 33.5 Å². The van der Waals surface area contributed by atoms with Crippen LogP contribution in [0.5, 0.6) is 0 Å². The molecule has 0 unspecified atom stereocenters. The Balaban J connectivity index is 2.45. The summed E-state index contributed by atoms with van der Waals surface area (Å²) >= 11 is 9.46. The Kier molecular flexibility index (Phi) is 6.49. The van der Waals surface area contributed by atoms with Crippen LogP contribution in [0.2, 0.25) is 5.02 Å². The van der Waals surface area contributed by atoms with Gasteiger partial charge in [0.1, 0.15) is 5.82 Å². The standard InChI is InChI=1S/C23H22BrClFNO2/c1-5-29-23(28)20-14(4)27(13(2)3)22(15-6-8-18(25)9-7-15)21(20)16-10-17(24)12-19(26)11-16/h6-13H,5H2,1-4H3. The second-order valence-electron chi connectivity index (χ2n) is 7.03.